The van der Waals surface area contributed by atoms with Gasteiger partial charge in [0, 0.05) is 17.8 Å². The van der Waals surface area contributed by atoms with Crippen LogP contribution >= 0.6 is 11.3 Å². The highest BCUT2D eigenvalue weighted by atomic mass is 32.1. The SMILES string of the molecule is N#CCCCNC(=O)C1CCCc2sccc21. The molecule has 1 aliphatic carbocycles. The second-order valence-corrected chi connectivity index (χ2v) is 5.30. The van der Waals surface area contributed by atoms with E-state index in [1.54, 1.807) is 11.3 Å². The van der Waals surface area contributed by atoms with Gasteiger partial charge in [-0.1, -0.05) is 0 Å². The number of amides is 1. The van der Waals surface area contributed by atoms with Crippen LogP contribution in [-0.2, 0) is 11.2 Å². The van der Waals surface area contributed by atoms with Crippen LogP contribution in [0.3, 0.4) is 0 Å². The maximum atomic E-state index is 12.0. The molecule has 1 aliphatic rings. The predicted molar refractivity (Wildman–Crippen MR) is 67.9 cm³/mol. The van der Waals surface area contributed by atoms with Crippen LogP contribution in [0.5, 0.6) is 0 Å². The van der Waals surface area contributed by atoms with E-state index in [9.17, 15) is 4.79 Å². The van der Waals surface area contributed by atoms with Gasteiger partial charge in [-0.3, -0.25) is 4.79 Å². The molecule has 17 heavy (non-hydrogen) atoms. The monoisotopic (exact) mass is 248 g/mol. The molecule has 1 aromatic heterocycles. The second-order valence-electron chi connectivity index (χ2n) is 4.30. The Labute approximate surface area is 105 Å². The van der Waals surface area contributed by atoms with Crippen molar-refractivity contribution in [2.75, 3.05) is 6.54 Å². The average Bonchev–Trinajstić information content (AvgIpc) is 2.82. The highest BCUT2D eigenvalue weighted by Crippen LogP contribution is 2.34. The Balaban J connectivity index is 1.91. The summed E-state index contributed by atoms with van der Waals surface area (Å²) < 4.78 is 0. The molecule has 1 N–H and O–H groups in total. The zero-order valence-corrected chi connectivity index (χ0v) is 10.6. The standard InChI is InChI=1S/C13H16N2OS/c14-7-1-2-8-15-13(16)11-4-3-5-12-10(11)6-9-17-12/h6,9,11H,1-5,8H2,(H,15,16). The third-order valence-electron chi connectivity index (χ3n) is 3.13. The summed E-state index contributed by atoms with van der Waals surface area (Å²) >= 11 is 1.76. The molecule has 1 unspecified atom stereocenters. The van der Waals surface area contributed by atoms with Gasteiger partial charge in [-0.25, -0.2) is 0 Å². The lowest BCUT2D eigenvalue weighted by atomic mass is 9.87. The summed E-state index contributed by atoms with van der Waals surface area (Å²) in [5.74, 6) is 0.161. The molecule has 0 saturated carbocycles. The minimum atomic E-state index is 0.0343. The number of nitrogens with one attached hydrogen (secondary N) is 1. The number of nitriles is 1. The molecule has 0 aromatic carbocycles. The van der Waals surface area contributed by atoms with Gasteiger partial charge in [0.2, 0.25) is 5.91 Å². The van der Waals surface area contributed by atoms with Gasteiger partial charge in [-0.15, -0.1) is 11.3 Å². The highest BCUT2D eigenvalue weighted by molar-refractivity contribution is 7.10. The molecular formula is C13H16N2OS. The molecule has 1 amide bonds. The molecule has 4 heteroatoms. The van der Waals surface area contributed by atoms with Crippen molar-refractivity contribution in [3.05, 3.63) is 21.9 Å². The van der Waals surface area contributed by atoms with Crippen LogP contribution in [0, 0.1) is 11.3 Å². The zero-order valence-electron chi connectivity index (χ0n) is 9.74. The van der Waals surface area contributed by atoms with Crippen LogP contribution in [0.25, 0.3) is 0 Å². The first-order chi connectivity index (χ1) is 8.33. The van der Waals surface area contributed by atoms with E-state index in [2.05, 4.69) is 22.8 Å². The third-order valence-corrected chi connectivity index (χ3v) is 4.13. The van der Waals surface area contributed by atoms with Gasteiger partial charge >= 0.3 is 0 Å². The molecule has 1 heterocycles. The molecular weight excluding hydrogens is 232 g/mol. The molecule has 3 nitrogen and oxygen atoms in total. The normalized spacial score (nSPS) is 18.2. The summed E-state index contributed by atoms with van der Waals surface area (Å²) in [5.41, 5.74) is 1.22. The first-order valence-corrected chi connectivity index (χ1v) is 6.92. The van der Waals surface area contributed by atoms with E-state index >= 15 is 0 Å². The number of rotatable bonds is 4. The van der Waals surface area contributed by atoms with Gasteiger partial charge in [-0.2, -0.15) is 5.26 Å². The molecule has 2 rings (SSSR count). The Hall–Kier alpha value is -1.34. The molecule has 1 atom stereocenters. The first kappa shape index (κ1) is 12.1. The molecule has 0 saturated heterocycles. The van der Waals surface area contributed by atoms with E-state index in [1.165, 1.54) is 10.4 Å². The predicted octanol–water partition coefficient (Wildman–Crippen LogP) is 2.59. The lowest BCUT2D eigenvalue weighted by Gasteiger charge is -2.21. The van der Waals surface area contributed by atoms with Crippen LogP contribution in [0.4, 0.5) is 0 Å². The number of nitrogens with zero attached hydrogens (tertiary/aromatic N) is 1. The van der Waals surface area contributed by atoms with E-state index in [1.807, 2.05) is 0 Å². The van der Waals surface area contributed by atoms with Gasteiger partial charge in [0.05, 0.1) is 12.0 Å². The fourth-order valence-corrected chi connectivity index (χ4v) is 3.25. The minimum Gasteiger partial charge on any atom is -0.356 e. The van der Waals surface area contributed by atoms with Crippen molar-refractivity contribution in [3.8, 4) is 6.07 Å². The van der Waals surface area contributed by atoms with E-state index in [0.29, 0.717) is 13.0 Å². The van der Waals surface area contributed by atoms with E-state index in [-0.39, 0.29) is 11.8 Å². The Morgan fingerprint density at radius 3 is 3.35 bits per heavy atom. The number of thiophene rings is 1. The molecule has 0 spiro atoms. The minimum absolute atomic E-state index is 0.0343. The van der Waals surface area contributed by atoms with Crippen LogP contribution in [-0.4, -0.2) is 12.5 Å². The summed E-state index contributed by atoms with van der Waals surface area (Å²) in [5, 5.41) is 13.4. The van der Waals surface area contributed by atoms with Gasteiger partial charge < -0.3 is 5.32 Å². The Morgan fingerprint density at radius 2 is 2.53 bits per heavy atom. The van der Waals surface area contributed by atoms with Crippen LogP contribution < -0.4 is 5.32 Å². The number of hydrogen-bond acceptors (Lipinski definition) is 3. The largest absolute Gasteiger partial charge is 0.356 e. The quantitative estimate of drug-likeness (QED) is 0.833. The third kappa shape index (κ3) is 2.86. The molecule has 0 bridgehead atoms. The molecule has 0 aliphatic heterocycles. The number of carbonyl (C=O) groups is 1. The summed E-state index contributed by atoms with van der Waals surface area (Å²) in [6.07, 6.45) is 4.42. The lowest BCUT2D eigenvalue weighted by Crippen LogP contribution is -2.31. The zero-order chi connectivity index (χ0) is 12.1. The summed E-state index contributed by atoms with van der Waals surface area (Å²) in [6.45, 7) is 0.613. The van der Waals surface area contributed by atoms with Crippen molar-refractivity contribution in [1.82, 2.24) is 5.32 Å². The first-order valence-electron chi connectivity index (χ1n) is 6.04. The van der Waals surface area contributed by atoms with Crippen LogP contribution in [0.1, 0.15) is 42.0 Å². The van der Waals surface area contributed by atoms with Crippen molar-refractivity contribution >= 4 is 17.2 Å². The molecule has 0 radical (unpaired) electrons. The Morgan fingerprint density at radius 1 is 1.65 bits per heavy atom. The Kier molecular flexibility index (Phi) is 4.16. The maximum Gasteiger partial charge on any atom is 0.227 e. The van der Waals surface area contributed by atoms with Crippen molar-refractivity contribution in [2.45, 2.75) is 38.0 Å². The maximum absolute atomic E-state index is 12.0. The fraction of sp³-hybridized carbons (Fsp3) is 0.538. The summed E-state index contributed by atoms with van der Waals surface area (Å²) in [4.78, 5) is 13.4. The van der Waals surface area contributed by atoms with Crippen LogP contribution in [0.2, 0.25) is 0 Å². The van der Waals surface area contributed by atoms with Gasteiger partial charge in [0.15, 0.2) is 0 Å². The number of fused-ring (bicyclic) bond motifs is 1. The highest BCUT2D eigenvalue weighted by Gasteiger charge is 2.26. The van der Waals surface area contributed by atoms with Gasteiger partial charge in [0.1, 0.15) is 0 Å². The Bertz CT molecular complexity index is 433. The summed E-state index contributed by atoms with van der Waals surface area (Å²) in [6, 6.07) is 4.16. The van der Waals surface area contributed by atoms with E-state index < -0.39 is 0 Å². The lowest BCUT2D eigenvalue weighted by molar-refractivity contribution is -0.122. The van der Waals surface area contributed by atoms with Crippen molar-refractivity contribution in [3.63, 3.8) is 0 Å². The van der Waals surface area contributed by atoms with Crippen molar-refractivity contribution in [1.29, 1.82) is 5.26 Å². The number of carbonyl (C=O) groups excluding carboxylic acids is 1. The van der Waals surface area contributed by atoms with Crippen molar-refractivity contribution in [2.24, 2.45) is 0 Å². The second kappa shape index (κ2) is 5.83. The topological polar surface area (TPSA) is 52.9 Å². The summed E-state index contributed by atoms with van der Waals surface area (Å²) in [7, 11) is 0. The van der Waals surface area contributed by atoms with Gasteiger partial charge in [-0.05, 0) is 42.7 Å². The average molecular weight is 248 g/mol. The van der Waals surface area contributed by atoms with E-state index in [0.717, 1.165) is 25.7 Å². The van der Waals surface area contributed by atoms with E-state index in [4.69, 9.17) is 5.26 Å². The number of aryl methyl sites for hydroxylation is 1. The number of unbranched alkanes of at least 4 members (excludes halogenated alkanes) is 1. The molecule has 90 valence electrons. The molecule has 1 aromatic rings. The van der Waals surface area contributed by atoms with Crippen molar-refractivity contribution < 1.29 is 4.79 Å². The smallest absolute Gasteiger partial charge is 0.227 e. The van der Waals surface area contributed by atoms with Gasteiger partial charge in [0.25, 0.3) is 0 Å². The number of hydrogen-bond donors (Lipinski definition) is 1. The fourth-order valence-electron chi connectivity index (χ4n) is 2.26. The van der Waals surface area contributed by atoms with Crippen LogP contribution in [0.15, 0.2) is 11.4 Å². The molecule has 0 fully saturated rings.